The lowest BCUT2D eigenvalue weighted by atomic mass is 9.95. The number of nitriles is 1. The summed E-state index contributed by atoms with van der Waals surface area (Å²) in [5.74, 6) is 0.0205. The van der Waals surface area contributed by atoms with Gasteiger partial charge in [0.1, 0.15) is 17.9 Å². The van der Waals surface area contributed by atoms with E-state index in [1.54, 1.807) is 30.1 Å². The number of nitrogens with zero attached hydrogens (tertiary/aromatic N) is 3. The smallest absolute Gasteiger partial charge is 0.247 e. The molecule has 1 aliphatic rings. The van der Waals surface area contributed by atoms with Gasteiger partial charge in [0.25, 0.3) is 0 Å². The minimum atomic E-state index is -0.707. The third-order valence-electron chi connectivity index (χ3n) is 3.77. The second-order valence-corrected chi connectivity index (χ2v) is 5.44. The Kier molecular flexibility index (Phi) is 3.49. The van der Waals surface area contributed by atoms with Crippen molar-refractivity contribution in [3.8, 4) is 6.07 Å². The summed E-state index contributed by atoms with van der Waals surface area (Å²) >= 11 is 0. The van der Waals surface area contributed by atoms with Crippen LogP contribution in [0.15, 0.2) is 18.2 Å². The van der Waals surface area contributed by atoms with Crippen LogP contribution in [0.1, 0.15) is 29.8 Å². The summed E-state index contributed by atoms with van der Waals surface area (Å²) in [6, 6.07) is 7.07. The first-order valence-electron chi connectivity index (χ1n) is 6.44. The first kappa shape index (κ1) is 14.1. The first-order chi connectivity index (χ1) is 9.41. The fraction of sp³-hybridized carbons (Fsp3) is 0.400. The van der Waals surface area contributed by atoms with Crippen LogP contribution in [0.3, 0.4) is 0 Å². The van der Waals surface area contributed by atoms with Crippen LogP contribution in [0.25, 0.3) is 0 Å². The monoisotopic (exact) mass is 271 g/mol. The van der Waals surface area contributed by atoms with Gasteiger partial charge in [-0.15, -0.1) is 0 Å². The maximum atomic E-state index is 12.3. The number of anilines is 1. The van der Waals surface area contributed by atoms with Crippen molar-refractivity contribution in [3.63, 3.8) is 0 Å². The van der Waals surface area contributed by atoms with E-state index in [1.165, 1.54) is 0 Å². The Morgan fingerprint density at radius 2 is 2.05 bits per heavy atom. The Bertz CT molecular complexity index is 602. The van der Waals surface area contributed by atoms with Crippen LogP contribution < -0.4 is 4.90 Å². The number of likely N-dealkylation sites (N-methyl/N-ethyl adjacent to an activating group) is 1. The van der Waals surface area contributed by atoms with Gasteiger partial charge in [0.05, 0.1) is 11.3 Å². The maximum absolute atomic E-state index is 12.3. The van der Waals surface area contributed by atoms with Crippen LogP contribution in [-0.4, -0.2) is 42.8 Å². The van der Waals surface area contributed by atoms with Crippen LogP contribution in [0, 0.1) is 11.3 Å². The summed E-state index contributed by atoms with van der Waals surface area (Å²) < 4.78 is 0. The molecule has 1 fully saturated rings. The van der Waals surface area contributed by atoms with Gasteiger partial charge in [-0.3, -0.25) is 9.59 Å². The van der Waals surface area contributed by atoms with E-state index in [2.05, 4.69) is 6.07 Å². The highest BCUT2D eigenvalue weighted by molar-refractivity contribution is 5.91. The molecular weight excluding hydrogens is 254 g/mol. The molecule has 0 unspecified atom stereocenters. The largest absolute Gasteiger partial charge is 0.355 e. The van der Waals surface area contributed by atoms with E-state index in [0.717, 1.165) is 0 Å². The van der Waals surface area contributed by atoms with E-state index >= 15 is 0 Å². The molecule has 2 rings (SSSR count). The zero-order chi connectivity index (χ0) is 14.9. The van der Waals surface area contributed by atoms with Crippen molar-refractivity contribution in [1.29, 1.82) is 5.26 Å². The molecule has 1 aromatic rings. The van der Waals surface area contributed by atoms with Gasteiger partial charge in [-0.1, -0.05) is 0 Å². The van der Waals surface area contributed by atoms with E-state index in [4.69, 9.17) is 0 Å². The summed E-state index contributed by atoms with van der Waals surface area (Å²) in [5, 5.41) is 9.27. The third-order valence-corrected chi connectivity index (χ3v) is 3.77. The Morgan fingerprint density at radius 1 is 1.35 bits per heavy atom. The molecule has 1 aliphatic heterocycles. The van der Waals surface area contributed by atoms with Crippen molar-refractivity contribution in [3.05, 3.63) is 29.3 Å². The molecule has 0 bridgehead atoms. The SMILES string of the molecule is CN1CCN(c2ccc(C=O)cc2C#N)C(C)(C)C1=O. The summed E-state index contributed by atoms with van der Waals surface area (Å²) in [6.07, 6.45) is 0.713. The normalized spacial score (nSPS) is 17.8. The molecule has 1 aromatic carbocycles. The number of hydrogen-bond donors (Lipinski definition) is 0. The second kappa shape index (κ2) is 4.97. The van der Waals surface area contributed by atoms with Crippen molar-refractivity contribution in [2.75, 3.05) is 25.0 Å². The Labute approximate surface area is 118 Å². The fourth-order valence-electron chi connectivity index (χ4n) is 2.59. The standard InChI is InChI=1S/C15H17N3O2/c1-15(2)14(20)17(3)6-7-18(15)13-5-4-11(10-19)8-12(13)9-16/h4-5,8,10H,6-7H2,1-3H3. The van der Waals surface area contributed by atoms with E-state index in [9.17, 15) is 14.9 Å². The minimum Gasteiger partial charge on any atom is -0.355 e. The molecule has 0 atom stereocenters. The molecule has 1 heterocycles. The van der Waals surface area contributed by atoms with Gasteiger partial charge in [0, 0.05) is 25.7 Å². The predicted molar refractivity (Wildman–Crippen MR) is 75.6 cm³/mol. The van der Waals surface area contributed by atoms with Gasteiger partial charge in [-0.25, -0.2) is 0 Å². The lowest BCUT2D eigenvalue weighted by molar-refractivity contribution is -0.136. The van der Waals surface area contributed by atoms with Crippen LogP contribution in [0.4, 0.5) is 5.69 Å². The average molecular weight is 271 g/mol. The second-order valence-electron chi connectivity index (χ2n) is 5.44. The number of carbonyl (C=O) groups excluding carboxylic acids is 2. The number of amides is 1. The molecule has 1 saturated heterocycles. The van der Waals surface area contributed by atoms with E-state index in [1.807, 2.05) is 18.7 Å². The molecule has 5 heteroatoms. The first-order valence-corrected chi connectivity index (χ1v) is 6.44. The lowest BCUT2D eigenvalue weighted by Gasteiger charge is -2.46. The Morgan fingerprint density at radius 3 is 2.65 bits per heavy atom. The quantitative estimate of drug-likeness (QED) is 0.763. The Balaban J connectivity index is 2.49. The van der Waals surface area contributed by atoms with Crippen molar-refractivity contribution in [1.82, 2.24) is 4.90 Å². The molecule has 0 N–H and O–H groups in total. The van der Waals surface area contributed by atoms with Crippen molar-refractivity contribution < 1.29 is 9.59 Å². The van der Waals surface area contributed by atoms with Gasteiger partial charge >= 0.3 is 0 Å². The van der Waals surface area contributed by atoms with Crippen molar-refractivity contribution in [2.45, 2.75) is 19.4 Å². The van der Waals surface area contributed by atoms with Crippen molar-refractivity contribution in [2.24, 2.45) is 0 Å². The number of piperazine rings is 1. The predicted octanol–water partition coefficient (Wildman–Crippen LogP) is 1.43. The molecule has 104 valence electrons. The molecule has 0 saturated carbocycles. The highest BCUT2D eigenvalue weighted by Crippen LogP contribution is 2.31. The number of rotatable bonds is 2. The molecule has 0 spiro atoms. The molecule has 0 aliphatic carbocycles. The number of aldehydes is 1. The lowest BCUT2D eigenvalue weighted by Crippen LogP contribution is -2.62. The van der Waals surface area contributed by atoms with Crippen LogP contribution in [0.2, 0.25) is 0 Å². The number of benzene rings is 1. The zero-order valence-corrected chi connectivity index (χ0v) is 11.9. The van der Waals surface area contributed by atoms with Gasteiger partial charge in [0.15, 0.2) is 0 Å². The Hall–Kier alpha value is -2.35. The summed E-state index contributed by atoms with van der Waals surface area (Å²) in [7, 11) is 1.78. The van der Waals surface area contributed by atoms with E-state index < -0.39 is 5.54 Å². The topological polar surface area (TPSA) is 64.4 Å². The summed E-state index contributed by atoms with van der Waals surface area (Å²) in [4.78, 5) is 26.7. The van der Waals surface area contributed by atoms with Gasteiger partial charge in [-0.2, -0.15) is 5.26 Å². The van der Waals surface area contributed by atoms with Crippen molar-refractivity contribution >= 4 is 17.9 Å². The molecule has 5 nitrogen and oxygen atoms in total. The van der Waals surface area contributed by atoms with Gasteiger partial charge in [-0.05, 0) is 32.0 Å². The summed E-state index contributed by atoms with van der Waals surface area (Å²) in [6.45, 7) is 4.96. The number of carbonyl (C=O) groups is 2. The minimum absolute atomic E-state index is 0.0205. The van der Waals surface area contributed by atoms with E-state index in [-0.39, 0.29) is 5.91 Å². The summed E-state index contributed by atoms with van der Waals surface area (Å²) in [5.41, 5.74) is 0.870. The van der Waals surface area contributed by atoms with E-state index in [0.29, 0.717) is 36.2 Å². The van der Waals surface area contributed by atoms with Crippen LogP contribution in [0.5, 0.6) is 0 Å². The average Bonchev–Trinajstić information content (AvgIpc) is 2.44. The third kappa shape index (κ3) is 2.14. The molecule has 0 aromatic heterocycles. The molecule has 0 radical (unpaired) electrons. The van der Waals surface area contributed by atoms with Gasteiger partial charge in [0.2, 0.25) is 5.91 Å². The highest BCUT2D eigenvalue weighted by Gasteiger charge is 2.41. The molecule has 20 heavy (non-hydrogen) atoms. The zero-order valence-electron chi connectivity index (χ0n) is 11.9. The maximum Gasteiger partial charge on any atom is 0.247 e. The molecule has 1 amide bonds. The fourth-order valence-corrected chi connectivity index (χ4v) is 2.59. The van der Waals surface area contributed by atoms with Crippen LogP contribution >= 0.6 is 0 Å². The molecular formula is C15H17N3O2. The van der Waals surface area contributed by atoms with Gasteiger partial charge < -0.3 is 9.80 Å². The number of hydrogen-bond acceptors (Lipinski definition) is 4. The highest BCUT2D eigenvalue weighted by atomic mass is 16.2. The van der Waals surface area contributed by atoms with Crippen LogP contribution in [-0.2, 0) is 4.79 Å².